The van der Waals surface area contributed by atoms with Crippen LogP contribution in [-0.2, 0) is 26.3 Å². The molecule has 0 aliphatic carbocycles. The average molecular weight is 530 g/mol. The van der Waals surface area contributed by atoms with Gasteiger partial charge in [0.1, 0.15) is 11.6 Å². The van der Waals surface area contributed by atoms with Gasteiger partial charge in [0, 0.05) is 35.5 Å². The molecule has 196 valence electrons. The molecule has 0 aliphatic rings. The van der Waals surface area contributed by atoms with E-state index in [1.807, 2.05) is 6.92 Å². The highest BCUT2D eigenvalue weighted by molar-refractivity contribution is 7.87. The Morgan fingerprint density at radius 2 is 1.54 bits per heavy atom. The Morgan fingerprint density at radius 1 is 0.865 bits per heavy atom. The third kappa shape index (κ3) is 4.51. The van der Waals surface area contributed by atoms with Crippen molar-refractivity contribution < 1.29 is 41.1 Å². The van der Waals surface area contributed by atoms with E-state index in [2.05, 4.69) is 0 Å². The van der Waals surface area contributed by atoms with Gasteiger partial charge in [-0.25, -0.2) is 4.79 Å². The van der Waals surface area contributed by atoms with Crippen LogP contribution in [0.3, 0.4) is 0 Å². The van der Waals surface area contributed by atoms with E-state index in [4.69, 9.17) is 27.9 Å². The molecular weight excluding hydrogens is 502 g/mol. The first-order chi connectivity index (χ1) is 17.7. The second-order valence-corrected chi connectivity index (χ2v) is 9.66. The van der Waals surface area contributed by atoms with Gasteiger partial charge in [0.05, 0.1) is 39.5 Å². The summed E-state index contributed by atoms with van der Waals surface area (Å²) in [6.07, 6.45) is 1.56. The van der Waals surface area contributed by atoms with Crippen LogP contribution >= 0.6 is 0 Å². The van der Waals surface area contributed by atoms with Gasteiger partial charge < -0.3 is 32.4 Å². The highest BCUT2D eigenvalue weighted by Gasteiger charge is 2.28. The molecule has 0 radical (unpaired) electrons. The minimum absolute atomic E-state index is 0.00537. The fourth-order valence-corrected chi connectivity index (χ4v) is 5.18. The zero-order valence-electron chi connectivity index (χ0n) is 21.3. The van der Waals surface area contributed by atoms with Crippen LogP contribution < -0.4 is 18.4 Å². The summed E-state index contributed by atoms with van der Waals surface area (Å²) >= 11 is 0. The average Bonchev–Trinajstić information content (AvgIpc) is 3.25. The maximum atomic E-state index is 13.3. The lowest BCUT2D eigenvalue weighted by atomic mass is 10.0. The Bertz CT molecular complexity index is 1590. The van der Waals surface area contributed by atoms with Gasteiger partial charge in [-0.05, 0) is 25.1 Å². The van der Waals surface area contributed by atoms with Crippen molar-refractivity contribution in [3.05, 3.63) is 53.7 Å². The van der Waals surface area contributed by atoms with Crippen molar-refractivity contribution in [2.75, 3.05) is 35.5 Å². The molecular formula is C26H27NO9S. The number of benzene rings is 3. The number of ether oxygens (including phenoxy) is 5. The van der Waals surface area contributed by atoms with Crippen molar-refractivity contribution in [1.82, 2.24) is 4.57 Å². The quantitative estimate of drug-likeness (QED) is 0.232. The number of methoxy groups -OCH3 is 5. The predicted molar refractivity (Wildman–Crippen MR) is 136 cm³/mol. The molecule has 4 aromatic rings. The maximum absolute atomic E-state index is 13.3. The molecule has 1 heterocycles. The smallest absolute Gasteiger partial charge is 0.340 e. The monoisotopic (exact) mass is 529 g/mol. The molecule has 0 saturated carbocycles. The van der Waals surface area contributed by atoms with Crippen LogP contribution in [0.25, 0.3) is 21.7 Å². The van der Waals surface area contributed by atoms with Crippen molar-refractivity contribution >= 4 is 37.8 Å². The van der Waals surface area contributed by atoms with Crippen molar-refractivity contribution in [2.24, 2.45) is 0 Å². The SMILES string of the molecule is COCn1cc(C(=O)OC)c2c3c(OC)c(OC)c(OC)cc3c(OS(=O)(=O)c3ccc(C)cc3)cc21. The molecule has 0 bridgehead atoms. The normalized spacial score (nSPS) is 11.5. The third-order valence-corrected chi connectivity index (χ3v) is 7.16. The Hall–Kier alpha value is -3.96. The van der Waals surface area contributed by atoms with Crippen LogP contribution in [0.15, 0.2) is 47.5 Å². The molecule has 0 atom stereocenters. The maximum Gasteiger partial charge on any atom is 0.340 e. The molecule has 1 aromatic heterocycles. The number of carbonyl (C=O) groups excluding carboxylic acids is 1. The Labute approximate surface area is 214 Å². The number of nitrogens with zero attached hydrogens (tertiary/aromatic N) is 1. The number of esters is 1. The molecule has 11 heteroatoms. The number of aryl methyl sites for hydroxylation is 1. The van der Waals surface area contributed by atoms with Crippen LogP contribution in [-0.4, -0.2) is 54.5 Å². The first kappa shape index (κ1) is 26.1. The molecule has 37 heavy (non-hydrogen) atoms. The molecule has 0 N–H and O–H groups in total. The van der Waals surface area contributed by atoms with Gasteiger partial charge in [0.2, 0.25) is 5.75 Å². The summed E-state index contributed by atoms with van der Waals surface area (Å²) in [5, 5.41) is 1.14. The lowest BCUT2D eigenvalue weighted by molar-refractivity contribution is 0.0602. The summed E-state index contributed by atoms with van der Waals surface area (Å²) < 4.78 is 61.0. The Balaban J connectivity index is 2.15. The topological polar surface area (TPSA) is 112 Å². The zero-order valence-corrected chi connectivity index (χ0v) is 22.1. The summed E-state index contributed by atoms with van der Waals surface area (Å²) in [6, 6.07) is 9.41. The van der Waals surface area contributed by atoms with Crippen molar-refractivity contribution in [1.29, 1.82) is 0 Å². The van der Waals surface area contributed by atoms with Crippen LogP contribution in [0.4, 0.5) is 0 Å². The first-order valence-corrected chi connectivity index (χ1v) is 12.5. The van der Waals surface area contributed by atoms with Crippen LogP contribution in [0.2, 0.25) is 0 Å². The van der Waals surface area contributed by atoms with Gasteiger partial charge in [0.15, 0.2) is 17.2 Å². The van der Waals surface area contributed by atoms with Crippen molar-refractivity contribution in [3.8, 4) is 23.0 Å². The largest absolute Gasteiger partial charge is 0.493 e. The number of fused-ring (bicyclic) bond motifs is 3. The third-order valence-electron chi connectivity index (χ3n) is 5.92. The Kier molecular flexibility index (Phi) is 7.19. The van der Waals surface area contributed by atoms with E-state index in [0.29, 0.717) is 21.7 Å². The van der Waals surface area contributed by atoms with Gasteiger partial charge in [-0.1, -0.05) is 17.7 Å². The summed E-state index contributed by atoms with van der Waals surface area (Å²) in [5.41, 5.74) is 1.58. The van der Waals surface area contributed by atoms with Gasteiger partial charge >= 0.3 is 16.1 Å². The molecule has 10 nitrogen and oxygen atoms in total. The second-order valence-electron chi connectivity index (χ2n) is 8.11. The van der Waals surface area contributed by atoms with Crippen molar-refractivity contribution in [3.63, 3.8) is 0 Å². The number of hydrogen-bond donors (Lipinski definition) is 0. The van der Waals surface area contributed by atoms with E-state index in [-0.39, 0.29) is 40.2 Å². The lowest BCUT2D eigenvalue weighted by Gasteiger charge is -2.18. The molecule has 4 rings (SSSR count). The van der Waals surface area contributed by atoms with E-state index in [0.717, 1.165) is 5.56 Å². The fraction of sp³-hybridized carbons (Fsp3) is 0.269. The lowest BCUT2D eigenvalue weighted by Crippen LogP contribution is -2.10. The molecule has 0 fully saturated rings. The fourth-order valence-electron chi connectivity index (χ4n) is 4.24. The first-order valence-electron chi connectivity index (χ1n) is 11.1. The summed E-state index contributed by atoms with van der Waals surface area (Å²) in [6.45, 7) is 1.92. The van der Waals surface area contributed by atoms with Gasteiger partial charge in [-0.15, -0.1) is 0 Å². The number of aromatic nitrogens is 1. The predicted octanol–water partition coefficient (Wildman–Crippen LogP) is 4.29. The number of carbonyl (C=O) groups is 1. The highest BCUT2D eigenvalue weighted by Crippen LogP contribution is 2.50. The molecule has 0 aliphatic heterocycles. The molecule has 0 saturated heterocycles. The van der Waals surface area contributed by atoms with E-state index >= 15 is 0 Å². The minimum atomic E-state index is -4.23. The van der Waals surface area contributed by atoms with Crippen LogP contribution in [0.5, 0.6) is 23.0 Å². The minimum Gasteiger partial charge on any atom is -0.493 e. The summed E-state index contributed by atoms with van der Waals surface area (Å²) in [5.74, 6) is 0.154. The molecule has 3 aromatic carbocycles. The van der Waals surface area contributed by atoms with Crippen LogP contribution in [0.1, 0.15) is 15.9 Å². The molecule has 0 unspecified atom stereocenters. The Morgan fingerprint density at radius 3 is 2.11 bits per heavy atom. The second kappa shape index (κ2) is 10.2. The summed E-state index contributed by atoms with van der Waals surface area (Å²) in [7, 11) is 2.87. The van der Waals surface area contributed by atoms with Crippen LogP contribution in [0, 0.1) is 6.92 Å². The van der Waals surface area contributed by atoms with Gasteiger partial charge in [-0.3, -0.25) is 0 Å². The molecule has 0 spiro atoms. The van der Waals surface area contributed by atoms with Gasteiger partial charge in [0.25, 0.3) is 0 Å². The van der Waals surface area contributed by atoms with Crippen molar-refractivity contribution in [2.45, 2.75) is 18.6 Å². The van der Waals surface area contributed by atoms with E-state index < -0.39 is 16.1 Å². The molecule has 0 amide bonds. The van der Waals surface area contributed by atoms with E-state index in [1.54, 1.807) is 29.0 Å². The van der Waals surface area contributed by atoms with E-state index in [9.17, 15) is 13.2 Å². The standard InChI is InChI=1S/C26H27NO9S/c1-15-7-9-16(10-8-15)37(29,30)36-20-12-19-22(18(26(28)35-6)13-27(19)14-31-2)23-17(20)11-21(32-3)24(33-4)25(23)34-5/h7-13H,14H2,1-6H3. The summed E-state index contributed by atoms with van der Waals surface area (Å²) in [4.78, 5) is 12.8. The van der Waals surface area contributed by atoms with Gasteiger partial charge in [-0.2, -0.15) is 8.42 Å². The zero-order chi connectivity index (χ0) is 26.9. The number of hydrogen-bond acceptors (Lipinski definition) is 9. The highest BCUT2D eigenvalue weighted by atomic mass is 32.2. The number of rotatable bonds is 9. The van der Waals surface area contributed by atoms with E-state index in [1.165, 1.54) is 53.7 Å².